The molecule has 0 spiro atoms. The topological polar surface area (TPSA) is 65.9 Å². The van der Waals surface area contributed by atoms with E-state index >= 15 is 0 Å². The van der Waals surface area contributed by atoms with Crippen LogP contribution >= 0.6 is 22.9 Å². The molecule has 6 nitrogen and oxygen atoms in total. The molecule has 2 aliphatic rings. The molecule has 0 fully saturated rings. The zero-order valence-electron chi connectivity index (χ0n) is 22.0. The zero-order chi connectivity index (χ0) is 28.1. The first-order valence-electron chi connectivity index (χ1n) is 13.2. The molecule has 0 saturated heterocycles. The number of hydrazone groups is 1. The molecule has 200 valence electrons. The average Bonchev–Trinajstić information content (AvgIpc) is 3.71. The molecule has 0 bridgehead atoms. The van der Waals surface area contributed by atoms with Gasteiger partial charge in [0.2, 0.25) is 5.13 Å². The van der Waals surface area contributed by atoms with Gasteiger partial charge in [-0.2, -0.15) is 5.10 Å². The number of anilines is 2. The fourth-order valence-electron chi connectivity index (χ4n) is 5.28. The van der Waals surface area contributed by atoms with E-state index in [-0.39, 0.29) is 17.9 Å². The van der Waals surface area contributed by atoms with Gasteiger partial charge in [-0.05, 0) is 54.4 Å². The number of carbonyl (C=O) groups is 2. The molecule has 7 rings (SSSR count). The summed E-state index contributed by atoms with van der Waals surface area (Å²) >= 11 is 7.69. The van der Waals surface area contributed by atoms with E-state index in [0.29, 0.717) is 21.8 Å². The van der Waals surface area contributed by atoms with Crippen LogP contribution in [0, 0.1) is 6.92 Å². The first-order valence-corrected chi connectivity index (χ1v) is 14.4. The highest BCUT2D eigenvalue weighted by atomic mass is 35.5. The van der Waals surface area contributed by atoms with Crippen LogP contribution in [0.2, 0.25) is 5.02 Å². The molecule has 0 unspecified atom stereocenters. The van der Waals surface area contributed by atoms with Gasteiger partial charge in [0.25, 0.3) is 11.8 Å². The Morgan fingerprint density at radius 2 is 1.54 bits per heavy atom. The number of halogens is 1. The maximum absolute atomic E-state index is 13.1. The van der Waals surface area contributed by atoms with Crippen molar-refractivity contribution in [2.75, 3.05) is 9.91 Å². The number of nitrogens with zero attached hydrogens (tertiary/aromatic N) is 4. The molecule has 1 atom stereocenters. The average molecular weight is 575 g/mol. The summed E-state index contributed by atoms with van der Waals surface area (Å²) in [5.74, 6) is -0.634. The molecule has 0 N–H and O–H groups in total. The Balaban J connectivity index is 1.22. The number of hydrogen-bond acceptors (Lipinski definition) is 6. The van der Waals surface area contributed by atoms with Crippen molar-refractivity contribution >= 4 is 51.3 Å². The summed E-state index contributed by atoms with van der Waals surface area (Å²) in [6.07, 6.45) is 0.731. The minimum absolute atomic E-state index is 0.0350. The minimum Gasteiger partial charge on any atom is -0.268 e. The number of imide groups is 1. The third-order valence-corrected chi connectivity index (χ3v) is 8.51. The number of thiazole rings is 1. The van der Waals surface area contributed by atoms with Crippen LogP contribution in [0.1, 0.15) is 49.9 Å². The number of aryl methyl sites for hydroxylation is 1. The van der Waals surface area contributed by atoms with Gasteiger partial charge in [0.1, 0.15) is 0 Å². The van der Waals surface area contributed by atoms with E-state index in [9.17, 15) is 9.59 Å². The van der Waals surface area contributed by atoms with Crippen LogP contribution in [0.4, 0.5) is 10.8 Å². The first kappa shape index (κ1) is 25.4. The van der Waals surface area contributed by atoms with Gasteiger partial charge < -0.3 is 0 Å². The van der Waals surface area contributed by atoms with Crippen LogP contribution in [0.5, 0.6) is 0 Å². The van der Waals surface area contributed by atoms with E-state index < -0.39 is 0 Å². The molecule has 0 saturated carbocycles. The normalized spacial score (nSPS) is 16.3. The van der Waals surface area contributed by atoms with E-state index in [1.807, 2.05) is 52.9 Å². The molecule has 8 heteroatoms. The molecule has 5 aromatic rings. The number of carbonyl (C=O) groups excluding carboxylic acids is 2. The predicted octanol–water partition coefficient (Wildman–Crippen LogP) is 7.93. The summed E-state index contributed by atoms with van der Waals surface area (Å²) in [4.78, 5) is 32.3. The first-order chi connectivity index (χ1) is 20.0. The number of aromatic nitrogens is 1. The third kappa shape index (κ3) is 4.53. The van der Waals surface area contributed by atoms with Gasteiger partial charge in [0.15, 0.2) is 0 Å². The Labute approximate surface area is 246 Å². The lowest BCUT2D eigenvalue weighted by atomic mass is 9.98. The standard InChI is InChI=1S/C33H23ClN4O2S/c1-20-9-11-21(12-10-20)28-18-30(22-13-15-24(34)16-14-22)38(36-28)33-35-29(19-41-33)23-5-4-6-25(17-23)37-31(39)26-7-2-3-8-27(26)32(37)40/h2-17,19,30H,18H2,1H3/t30-/m0/s1. The molecule has 0 aliphatic carbocycles. The molecule has 3 heterocycles. The van der Waals surface area contributed by atoms with Crippen molar-refractivity contribution in [3.05, 3.63) is 135 Å². The molecular formula is C33H23ClN4O2S. The van der Waals surface area contributed by atoms with Crippen LogP contribution in [0.25, 0.3) is 11.3 Å². The van der Waals surface area contributed by atoms with Crippen LogP contribution in [0.15, 0.2) is 108 Å². The monoisotopic (exact) mass is 574 g/mol. The summed E-state index contributed by atoms with van der Waals surface area (Å²) in [5, 5.41) is 10.4. The fraction of sp³-hybridized carbons (Fsp3) is 0.0909. The summed E-state index contributed by atoms with van der Waals surface area (Å²) in [7, 11) is 0. The molecule has 0 radical (unpaired) electrons. The van der Waals surface area contributed by atoms with Crippen molar-refractivity contribution in [2.45, 2.75) is 19.4 Å². The van der Waals surface area contributed by atoms with E-state index in [4.69, 9.17) is 21.7 Å². The summed E-state index contributed by atoms with van der Waals surface area (Å²) in [6.45, 7) is 2.07. The van der Waals surface area contributed by atoms with Crippen molar-refractivity contribution < 1.29 is 9.59 Å². The second kappa shape index (κ2) is 10.1. The predicted molar refractivity (Wildman–Crippen MR) is 164 cm³/mol. The van der Waals surface area contributed by atoms with Gasteiger partial charge in [0, 0.05) is 22.4 Å². The van der Waals surface area contributed by atoms with Gasteiger partial charge >= 0.3 is 0 Å². The summed E-state index contributed by atoms with van der Waals surface area (Å²) in [6, 6.07) is 30.5. The molecule has 4 aromatic carbocycles. The van der Waals surface area contributed by atoms with Crippen molar-refractivity contribution in [3.8, 4) is 11.3 Å². The lowest BCUT2D eigenvalue weighted by Crippen LogP contribution is -2.29. The number of amides is 2. The minimum atomic E-state index is -0.317. The third-order valence-electron chi connectivity index (χ3n) is 7.43. The second-order valence-corrected chi connectivity index (χ2v) is 11.4. The largest absolute Gasteiger partial charge is 0.268 e. The van der Waals surface area contributed by atoms with E-state index in [0.717, 1.165) is 39.6 Å². The second-order valence-electron chi connectivity index (χ2n) is 10.1. The fourth-order valence-corrected chi connectivity index (χ4v) is 6.24. The highest BCUT2D eigenvalue weighted by Gasteiger charge is 2.36. The number of benzene rings is 4. The van der Waals surface area contributed by atoms with Crippen LogP contribution < -0.4 is 9.91 Å². The maximum atomic E-state index is 13.1. The van der Waals surface area contributed by atoms with Crippen molar-refractivity contribution in [3.63, 3.8) is 0 Å². The van der Waals surface area contributed by atoms with Crippen LogP contribution in [-0.4, -0.2) is 22.5 Å². The Kier molecular flexibility index (Phi) is 6.26. The van der Waals surface area contributed by atoms with Crippen molar-refractivity contribution in [2.24, 2.45) is 5.10 Å². The van der Waals surface area contributed by atoms with E-state index in [1.165, 1.54) is 21.8 Å². The number of rotatable bonds is 5. The molecular weight excluding hydrogens is 552 g/mol. The van der Waals surface area contributed by atoms with Gasteiger partial charge in [-0.3, -0.25) is 9.59 Å². The van der Waals surface area contributed by atoms with E-state index in [1.54, 1.807) is 30.3 Å². The summed E-state index contributed by atoms with van der Waals surface area (Å²) < 4.78 is 0. The van der Waals surface area contributed by atoms with Crippen molar-refractivity contribution in [1.29, 1.82) is 0 Å². The number of hydrogen-bond donors (Lipinski definition) is 0. The molecule has 2 amide bonds. The smallest absolute Gasteiger partial charge is 0.266 e. The molecule has 1 aromatic heterocycles. The quantitative estimate of drug-likeness (QED) is 0.200. The highest BCUT2D eigenvalue weighted by molar-refractivity contribution is 7.14. The van der Waals surface area contributed by atoms with Crippen LogP contribution in [-0.2, 0) is 0 Å². The summed E-state index contributed by atoms with van der Waals surface area (Å²) in [5.41, 5.74) is 7.30. The SMILES string of the molecule is Cc1ccc(C2=NN(c3nc(-c4cccc(N5C(=O)c6ccccc6C5=O)c4)cs3)[C@H](c3ccc(Cl)cc3)C2)cc1. The Bertz CT molecular complexity index is 1810. The van der Waals surface area contributed by atoms with Crippen molar-refractivity contribution in [1.82, 2.24) is 4.98 Å². The molecule has 41 heavy (non-hydrogen) atoms. The van der Waals surface area contributed by atoms with Gasteiger partial charge in [0.05, 0.1) is 34.3 Å². The van der Waals surface area contributed by atoms with E-state index in [2.05, 4.69) is 31.2 Å². The van der Waals surface area contributed by atoms with Gasteiger partial charge in [-0.1, -0.05) is 77.8 Å². The lowest BCUT2D eigenvalue weighted by Gasteiger charge is -2.21. The van der Waals surface area contributed by atoms with Gasteiger partial charge in [-0.15, -0.1) is 11.3 Å². The Morgan fingerprint density at radius 3 is 2.24 bits per heavy atom. The molecule has 2 aliphatic heterocycles. The highest BCUT2D eigenvalue weighted by Crippen LogP contribution is 2.40. The van der Waals surface area contributed by atoms with Gasteiger partial charge in [-0.25, -0.2) is 14.9 Å². The maximum Gasteiger partial charge on any atom is 0.266 e. The zero-order valence-corrected chi connectivity index (χ0v) is 23.6. The lowest BCUT2D eigenvalue weighted by molar-refractivity contribution is 0.0926. The Hall–Kier alpha value is -4.59. The Morgan fingerprint density at radius 1 is 0.829 bits per heavy atom. The van der Waals surface area contributed by atoms with Crippen LogP contribution in [0.3, 0.4) is 0 Å². The number of fused-ring (bicyclic) bond motifs is 1.